The quantitative estimate of drug-likeness (QED) is 0.377. The normalized spacial score (nSPS) is 11.7. The van der Waals surface area contributed by atoms with Gasteiger partial charge in [-0.25, -0.2) is 0 Å². The third-order valence-corrected chi connectivity index (χ3v) is 2.87. The number of ether oxygens (including phenoxy) is 2. The summed E-state index contributed by atoms with van der Waals surface area (Å²) < 4.78 is 11.5. The molecule has 0 unspecified atom stereocenters. The van der Waals surface area contributed by atoms with Crippen molar-refractivity contribution in [1.29, 1.82) is 0 Å². The fraction of sp³-hybridized carbons (Fsp3) is 0.867. The molecule has 0 saturated heterocycles. The molecule has 0 aromatic carbocycles. The maximum Gasteiger partial charge on any atom is 0.0547 e. The maximum absolute atomic E-state index is 5.76. The second-order valence-electron chi connectivity index (χ2n) is 4.85. The van der Waals surface area contributed by atoms with E-state index in [2.05, 4.69) is 27.4 Å². The lowest BCUT2D eigenvalue weighted by Gasteiger charge is -2.32. The van der Waals surface area contributed by atoms with Crippen molar-refractivity contribution >= 4 is 0 Å². The van der Waals surface area contributed by atoms with Gasteiger partial charge in [-0.2, -0.15) is 0 Å². The van der Waals surface area contributed by atoms with Gasteiger partial charge in [-0.05, 0) is 25.7 Å². The van der Waals surface area contributed by atoms with Crippen LogP contribution in [0.25, 0.3) is 0 Å². The summed E-state index contributed by atoms with van der Waals surface area (Å²) in [4.78, 5) is 0. The number of rotatable bonds is 12. The van der Waals surface area contributed by atoms with E-state index in [0.29, 0.717) is 0 Å². The van der Waals surface area contributed by atoms with E-state index in [-0.39, 0.29) is 5.41 Å². The zero-order chi connectivity index (χ0) is 13.0. The second-order valence-corrected chi connectivity index (χ2v) is 4.85. The van der Waals surface area contributed by atoms with Gasteiger partial charge in [-0.3, -0.25) is 0 Å². The molecule has 0 aliphatic rings. The van der Waals surface area contributed by atoms with Crippen LogP contribution in [0.2, 0.25) is 0 Å². The van der Waals surface area contributed by atoms with Crippen molar-refractivity contribution in [2.24, 2.45) is 5.41 Å². The molecule has 0 N–H and O–H groups in total. The van der Waals surface area contributed by atoms with Crippen LogP contribution >= 0.6 is 0 Å². The lowest BCUT2D eigenvalue weighted by molar-refractivity contribution is -0.0262. The van der Waals surface area contributed by atoms with E-state index in [1.165, 1.54) is 6.42 Å². The van der Waals surface area contributed by atoms with Gasteiger partial charge < -0.3 is 9.47 Å². The molecular weight excluding hydrogens is 212 g/mol. The van der Waals surface area contributed by atoms with Crippen molar-refractivity contribution < 1.29 is 9.47 Å². The molecule has 0 fully saturated rings. The largest absolute Gasteiger partial charge is 0.381 e. The van der Waals surface area contributed by atoms with E-state index in [4.69, 9.17) is 9.47 Å². The van der Waals surface area contributed by atoms with Gasteiger partial charge in [0.05, 0.1) is 13.2 Å². The van der Waals surface area contributed by atoms with Gasteiger partial charge in [0, 0.05) is 18.6 Å². The molecule has 0 atom stereocenters. The van der Waals surface area contributed by atoms with Crippen LogP contribution in [0.15, 0.2) is 12.7 Å². The second kappa shape index (κ2) is 10.8. The van der Waals surface area contributed by atoms with Crippen molar-refractivity contribution in [3.05, 3.63) is 12.7 Å². The molecule has 0 radical (unpaired) electrons. The van der Waals surface area contributed by atoms with E-state index in [0.717, 1.165) is 52.1 Å². The first kappa shape index (κ1) is 16.7. The Morgan fingerprint density at radius 1 is 0.941 bits per heavy atom. The Hall–Kier alpha value is -0.340. The Bertz CT molecular complexity index is 168. The molecule has 0 amide bonds. The minimum Gasteiger partial charge on any atom is -0.381 e. The fourth-order valence-corrected chi connectivity index (χ4v) is 2.11. The Morgan fingerprint density at radius 3 is 1.82 bits per heavy atom. The first-order valence-electron chi connectivity index (χ1n) is 7.01. The Balaban J connectivity index is 4.30. The predicted octanol–water partition coefficient (Wildman–Crippen LogP) is 4.20. The molecule has 17 heavy (non-hydrogen) atoms. The Labute approximate surface area is 107 Å². The summed E-state index contributed by atoms with van der Waals surface area (Å²) >= 11 is 0. The van der Waals surface area contributed by atoms with E-state index < -0.39 is 0 Å². The van der Waals surface area contributed by atoms with Crippen molar-refractivity contribution in [1.82, 2.24) is 0 Å². The monoisotopic (exact) mass is 242 g/mol. The molecule has 0 rings (SSSR count). The highest BCUT2D eigenvalue weighted by Crippen LogP contribution is 2.30. The maximum atomic E-state index is 5.76. The molecule has 0 aliphatic carbocycles. The van der Waals surface area contributed by atoms with Crippen molar-refractivity contribution in [2.45, 2.75) is 52.9 Å². The van der Waals surface area contributed by atoms with E-state index in [9.17, 15) is 0 Å². The summed E-state index contributed by atoms with van der Waals surface area (Å²) in [5, 5.41) is 0. The minimum atomic E-state index is 0.140. The highest BCUT2D eigenvalue weighted by Gasteiger charge is 2.28. The van der Waals surface area contributed by atoms with Crippen molar-refractivity contribution in [3.8, 4) is 0 Å². The third kappa shape index (κ3) is 7.56. The van der Waals surface area contributed by atoms with E-state index >= 15 is 0 Å². The minimum absolute atomic E-state index is 0.140. The summed E-state index contributed by atoms with van der Waals surface area (Å²) in [5.74, 6) is 0. The van der Waals surface area contributed by atoms with Crippen LogP contribution in [0.4, 0.5) is 0 Å². The standard InChI is InChI=1S/C15H30O2/c1-5-9-15(10-6-2,13-16-11-7-3)14-17-12-8-4/h5H,1,6-14H2,2-4H3. The molecule has 0 spiro atoms. The van der Waals surface area contributed by atoms with Crippen LogP contribution < -0.4 is 0 Å². The Kier molecular flexibility index (Phi) is 10.6. The van der Waals surface area contributed by atoms with E-state index in [1.807, 2.05) is 6.08 Å². The highest BCUT2D eigenvalue weighted by atomic mass is 16.5. The van der Waals surface area contributed by atoms with Crippen molar-refractivity contribution in [3.63, 3.8) is 0 Å². The van der Waals surface area contributed by atoms with Crippen LogP contribution in [-0.2, 0) is 9.47 Å². The average Bonchev–Trinajstić information content (AvgIpc) is 2.30. The molecule has 0 aromatic heterocycles. The lowest BCUT2D eigenvalue weighted by atomic mass is 9.81. The number of allylic oxidation sites excluding steroid dienone is 1. The van der Waals surface area contributed by atoms with Gasteiger partial charge in [-0.15, -0.1) is 6.58 Å². The average molecular weight is 242 g/mol. The van der Waals surface area contributed by atoms with Gasteiger partial charge >= 0.3 is 0 Å². The smallest absolute Gasteiger partial charge is 0.0547 e. The molecule has 2 heteroatoms. The fourth-order valence-electron chi connectivity index (χ4n) is 2.11. The van der Waals surface area contributed by atoms with Crippen LogP contribution in [-0.4, -0.2) is 26.4 Å². The van der Waals surface area contributed by atoms with Gasteiger partial charge in [0.15, 0.2) is 0 Å². The molecule has 102 valence electrons. The highest BCUT2D eigenvalue weighted by molar-refractivity contribution is 4.86. The zero-order valence-corrected chi connectivity index (χ0v) is 12.0. The van der Waals surface area contributed by atoms with Gasteiger partial charge in [0.2, 0.25) is 0 Å². The zero-order valence-electron chi connectivity index (χ0n) is 12.0. The number of hydrogen-bond acceptors (Lipinski definition) is 2. The SMILES string of the molecule is C=CCC(CCC)(COCCC)COCCC. The van der Waals surface area contributed by atoms with E-state index in [1.54, 1.807) is 0 Å². The topological polar surface area (TPSA) is 18.5 Å². The van der Waals surface area contributed by atoms with Crippen LogP contribution in [0.1, 0.15) is 52.9 Å². The lowest BCUT2D eigenvalue weighted by Crippen LogP contribution is -2.32. The molecule has 0 aliphatic heterocycles. The number of hydrogen-bond donors (Lipinski definition) is 0. The molecule has 0 saturated carbocycles. The first-order valence-corrected chi connectivity index (χ1v) is 7.01. The molecule has 2 nitrogen and oxygen atoms in total. The summed E-state index contributed by atoms with van der Waals surface area (Å²) in [6, 6.07) is 0. The van der Waals surface area contributed by atoms with Gasteiger partial charge in [0.1, 0.15) is 0 Å². The molecule has 0 bridgehead atoms. The van der Waals surface area contributed by atoms with Crippen LogP contribution in [0.5, 0.6) is 0 Å². The molecule has 0 aromatic rings. The van der Waals surface area contributed by atoms with Gasteiger partial charge in [0.25, 0.3) is 0 Å². The van der Waals surface area contributed by atoms with Crippen LogP contribution in [0.3, 0.4) is 0 Å². The Morgan fingerprint density at radius 2 is 1.47 bits per heavy atom. The summed E-state index contributed by atoms with van der Waals surface area (Å²) in [5.41, 5.74) is 0.140. The van der Waals surface area contributed by atoms with Gasteiger partial charge in [-0.1, -0.05) is 33.3 Å². The van der Waals surface area contributed by atoms with Crippen LogP contribution in [0, 0.1) is 5.41 Å². The summed E-state index contributed by atoms with van der Waals surface area (Å²) in [6.45, 7) is 13.7. The predicted molar refractivity (Wildman–Crippen MR) is 74.4 cm³/mol. The molecular formula is C15H30O2. The third-order valence-electron chi connectivity index (χ3n) is 2.87. The first-order chi connectivity index (χ1) is 8.24. The van der Waals surface area contributed by atoms with Crippen molar-refractivity contribution in [2.75, 3.05) is 26.4 Å². The summed E-state index contributed by atoms with van der Waals surface area (Å²) in [7, 11) is 0. The summed E-state index contributed by atoms with van der Waals surface area (Å²) in [6.07, 6.45) is 7.44. The molecule has 0 heterocycles.